The molecule has 3 heteroatoms. The van der Waals surface area contributed by atoms with E-state index in [1.54, 1.807) is 0 Å². The van der Waals surface area contributed by atoms with Crippen LogP contribution in [-0.2, 0) is 0 Å². The zero-order valence-electron chi connectivity index (χ0n) is 14.7. The van der Waals surface area contributed by atoms with Crippen molar-refractivity contribution in [1.29, 1.82) is 0 Å². The van der Waals surface area contributed by atoms with Gasteiger partial charge in [-0.25, -0.2) is 0 Å². The predicted octanol–water partition coefficient (Wildman–Crippen LogP) is 3.76. The first-order valence-corrected chi connectivity index (χ1v) is 9.53. The van der Waals surface area contributed by atoms with Crippen molar-refractivity contribution in [2.75, 3.05) is 26.7 Å². The molecule has 2 fully saturated rings. The standard InChI is InChI=1S/C20H33N2O/c1-21-15-9-16-22(20(21)14-8-17-23,18-10-4-2-5-11-18)19-12-6-3-7-13-19/h2,4-5,10-11,19-20,23H,3,6-9,12-17H2,1H3/q+1. The Kier molecular flexibility index (Phi) is 5.73. The van der Waals surface area contributed by atoms with Gasteiger partial charge in [-0.3, -0.25) is 9.38 Å². The van der Waals surface area contributed by atoms with Gasteiger partial charge in [0.05, 0.1) is 12.6 Å². The third-order valence-electron chi connectivity index (χ3n) is 6.16. The second kappa shape index (κ2) is 7.78. The lowest BCUT2D eigenvalue weighted by molar-refractivity contribution is -0.0202. The Hall–Kier alpha value is -0.900. The maximum Gasteiger partial charge on any atom is 0.150 e. The number of hydrogen-bond acceptors (Lipinski definition) is 2. The Balaban J connectivity index is 2.01. The monoisotopic (exact) mass is 317 g/mol. The molecular weight excluding hydrogens is 284 g/mol. The van der Waals surface area contributed by atoms with Gasteiger partial charge in [0.15, 0.2) is 0 Å². The average molecular weight is 317 g/mol. The highest BCUT2D eigenvalue weighted by Gasteiger charge is 2.49. The minimum Gasteiger partial charge on any atom is -0.396 e. The summed E-state index contributed by atoms with van der Waals surface area (Å²) in [6.45, 7) is 2.76. The second-order valence-corrected chi connectivity index (χ2v) is 7.46. The fourth-order valence-corrected chi connectivity index (χ4v) is 5.14. The van der Waals surface area contributed by atoms with E-state index in [1.165, 1.54) is 57.3 Å². The lowest BCUT2D eigenvalue weighted by Gasteiger charge is -2.56. The summed E-state index contributed by atoms with van der Waals surface area (Å²) < 4.78 is 1.14. The van der Waals surface area contributed by atoms with Crippen LogP contribution in [0.4, 0.5) is 5.69 Å². The minimum atomic E-state index is 0.309. The summed E-state index contributed by atoms with van der Waals surface area (Å²) in [4.78, 5) is 2.57. The van der Waals surface area contributed by atoms with E-state index in [-0.39, 0.29) is 0 Å². The van der Waals surface area contributed by atoms with Crippen LogP contribution in [0.1, 0.15) is 51.4 Å². The molecular formula is C20H33N2O+. The number of quaternary nitrogens is 1. The van der Waals surface area contributed by atoms with Crippen LogP contribution in [0.2, 0.25) is 0 Å². The van der Waals surface area contributed by atoms with Crippen molar-refractivity contribution < 1.29 is 5.11 Å². The first-order valence-electron chi connectivity index (χ1n) is 9.53. The summed E-state index contributed by atoms with van der Waals surface area (Å²) in [6, 6.07) is 12.0. The smallest absolute Gasteiger partial charge is 0.150 e. The van der Waals surface area contributed by atoms with Crippen LogP contribution in [0.5, 0.6) is 0 Å². The maximum absolute atomic E-state index is 9.41. The number of nitrogens with zero attached hydrogens (tertiary/aromatic N) is 2. The summed E-state index contributed by atoms with van der Waals surface area (Å²) in [5, 5.41) is 9.41. The Morgan fingerprint density at radius 1 is 1.09 bits per heavy atom. The van der Waals surface area contributed by atoms with Gasteiger partial charge in [0.1, 0.15) is 11.9 Å². The normalized spacial score (nSPS) is 30.4. The van der Waals surface area contributed by atoms with E-state index in [2.05, 4.69) is 42.3 Å². The third kappa shape index (κ3) is 3.33. The summed E-state index contributed by atoms with van der Waals surface area (Å²) >= 11 is 0. The third-order valence-corrected chi connectivity index (χ3v) is 6.16. The fraction of sp³-hybridized carbons (Fsp3) is 0.700. The molecule has 0 spiro atoms. The van der Waals surface area contributed by atoms with Crippen molar-refractivity contribution in [1.82, 2.24) is 9.38 Å². The molecule has 1 saturated heterocycles. The van der Waals surface area contributed by atoms with Gasteiger partial charge in [-0.15, -0.1) is 0 Å². The largest absolute Gasteiger partial charge is 0.396 e. The molecule has 128 valence electrons. The van der Waals surface area contributed by atoms with E-state index in [1.807, 2.05) is 0 Å². The highest BCUT2D eigenvalue weighted by Crippen LogP contribution is 2.41. The summed E-state index contributed by atoms with van der Waals surface area (Å²) in [5.74, 6) is 0. The Bertz CT molecular complexity index is 472. The average Bonchev–Trinajstić information content (AvgIpc) is 2.62. The van der Waals surface area contributed by atoms with Crippen molar-refractivity contribution in [3.8, 4) is 0 Å². The zero-order valence-corrected chi connectivity index (χ0v) is 14.7. The molecule has 3 rings (SSSR count). The first-order chi connectivity index (χ1) is 11.3. The molecule has 1 heterocycles. The first kappa shape index (κ1) is 16.9. The van der Waals surface area contributed by atoms with Gasteiger partial charge >= 0.3 is 0 Å². The molecule has 1 saturated carbocycles. The van der Waals surface area contributed by atoms with Gasteiger partial charge < -0.3 is 5.11 Å². The van der Waals surface area contributed by atoms with E-state index < -0.39 is 0 Å². The van der Waals surface area contributed by atoms with Crippen LogP contribution in [0.3, 0.4) is 0 Å². The van der Waals surface area contributed by atoms with Gasteiger partial charge in [0, 0.05) is 26.0 Å². The van der Waals surface area contributed by atoms with Gasteiger partial charge in [-0.05, 0) is 51.3 Å². The lowest BCUT2D eigenvalue weighted by Crippen LogP contribution is -2.71. The van der Waals surface area contributed by atoms with E-state index in [4.69, 9.17) is 0 Å². The van der Waals surface area contributed by atoms with Crippen LogP contribution >= 0.6 is 0 Å². The van der Waals surface area contributed by atoms with Crippen molar-refractivity contribution in [2.24, 2.45) is 0 Å². The van der Waals surface area contributed by atoms with Crippen molar-refractivity contribution in [3.63, 3.8) is 0 Å². The zero-order chi connectivity index (χ0) is 16.1. The summed E-state index contributed by atoms with van der Waals surface area (Å²) in [6.07, 6.45) is 10.7. The van der Waals surface area contributed by atoms with E-state index in [0.29, 0.717) is 12.8 Å². The molecule has 1 aromatic rings. The number of benzene rings is 1. The van der Waals surface area contributed by atoms with Crippen molar-refractivity contribution >= 4 is 5.69 Å². The minimum absolute atomic E-state index is 0.309. The van der Waals surface area contributed by atoms with Crippen LogP contribution < -0.4 is 4.48 Å². The van der Waals surface area contributed by atoms with E-state index >= 15 is 0 Å². The van der Waals surface area contributed by atoms with Gasteiger partial charge in [-0.1, -0.05) is 24.6 Å². The van der Waals surface area contributed by atoms with Crippen LogP contribution in [0.25, 0.3) is 0 Å². The van der Waals surface area contributed by atoms with Crippen LogP contribution in [-0.4, -0.2) is 49.0 Å². The molecule has 2 atom stereocenters. The maximum atomic E-state index is 9.41. The topological polar surface area (TPSA) is 23.5 Å². The molecule has 1 aliphatic carbocycles. The van der Waals surface area contributed by atoms with Gasteiger partial charge in [0.25, 0.3) is 0 Å². The Morgan fingerprint density at radius 3 is 2.52 bits per heavy atom. The van der Waals surface area contributed by atoms with Crippen LogP contribution in [0.15, 0.2) is 30.3 Å². The van der Waals surface area contributed by atoms with Gasteiger partial charge in [0.2, 0.25) is 0 Å². The molecule has 1 aromatic carbocycles. The van der Waals surface area contributed by atoms with Crippen LogP contribution in [0, 0.1) is 0 Å². The number of hydrogen-bond donors (Lipinski definition) is 1. The second-order valence-electron chi connectivity index (χ2n) is 7.46. The molecule has 2 unspecified atom stereocenters. The SMILES string of the molecule is CN1CCC[N+](c2ccccc2)(C2CCCCC2)C1CCCO. The highest BCUT2D eigenvalue weighted by molar-refractivity contribution is 5.45. The molecule has 1 aliphatic heterocycles. The number of aliphatic hydroxyl groups excluding tert-OH is 1. The quantitative estimate of drug-likeness (QED) is 0.836. The van der Waals surface area contributed by atoms with E-state index in [9.17, 15) is 5.11 Å². The number of para-hydroxylation sites is 1. The molecule has 3 nitrogen and oxygen atoms in total. The predicted molar refractivity (Wildman–Crippen MR) is 97.3 cm³/mol. The fourth-order valence-electron chi connectivity index (χ4n) is 5.14. The molecule has 23 heavy (non-hydrogen) atoms. The highest BCUT2D eigenvalue weighted by atomic mass is 16.3. The van der Waals surface area contributed by atoms with E-state index in [0.717, 1.165) is 23.4 Å². The number of rotatable bonds is 5. The molecule has 2 aliphatic rings. The Labute approximate surface area is 141 Å². The summed E-state index contributed by atoms with van der Waals surface area (Å²) in [7, 11) is 2.29. The number of aliphatic hydroxyl groups is 1. The van der Waals surface area contributed by atoms with Crippen molar-refractivity contribution in [3.05, 3.63) is 30.3 Å². The lowest BCUT2D eigenvalue weighted by atomic mass is 9.88. The molecule has 0 amide bonds. The van der Waals surface area contributed by atoms with Crippen molar-refractivity contribution in [2.45, 2.75) is 63.6 Å². The molecule has 1 N–H and O–H groups in total. The molecule has 0 radical (unpaired) electrons. The molecule has 0 aromatic heterocycles. The van der Waals surface area contributed by atoms with Gasteiger partial charge in [-0.2, -0.15) is 0 Å². The Morgan fingerprint density at radius 2 is 1.83 bits per heavy atom. The summed E-state index contributed by atoms with van der Waals surface area (Å²) in [5.41, 5.74) is 1.49. The molecule has 0 bridgehead atoms.